The molecule has 0 spiro atoms. The zero-order valence-corrected chi connectivity index (χ0v) is 30.9. The summed E-state index contributed by atoms with van der Waals surface area (Å²) < 4.78 is 22.3. The van der Waals surface area contributed by atoms with E-state index in [1.165, 1.54) is 6.07 Å². The van der Waals surface area contributed by atoms with Gasteiger partial charge in [-0.05, 0) is 70.7 Å². The molecule has 3 amide bonds. The zero-order valence-electron chi connectivity index (χ0n) is 30.9. The minimum Gasteiger partial charge on any atom is -0.478 e. The number of aryl methyl sites for hydroxylation is 1. The topological polar surface area (TPSA) is 154 Å². The Hall–Kier alpha value is -5.20. The molecule has 1 N–H and O–H groups in total. The van der Waals surface area contributed by atoms with Gasteiger partial charge in [-0.2, -0.15) is 0 Å². The normalized spacial score (nSPS) is 14.3. The molecule has 1 saturated heterocycles. The number of ether oxygens (including phenoxy) is 4. The average Bonchev–Trinajstić information content (AvgIpc) is 3.11. The maximum Gasteiger partial charge on any atom is 0.409 e. The second-order valence-corrected chi connectivity index (χ2v) is 13.8. The summed E-state index contributed by atoms with van der Waals surface area (Å²) in [5.74, 6) is -1.94. The van der Waals surface area contributed by atoms with Gasteiger partial charge in [-0.1, -0.05) is 49.7 Å². The van der Waals surface area contributed by atoms with Crippen LogP contribution in [0.1, 0.15) is 81.9 Å². The first kappa shape index (κ1) is 39.6. The average molecular weight is 719 g/mol. The summed E-state index contributed by atoms with van der Waals surface area (Å²) in [5, 5.41) is 3.36. The van der Waals surface area contributed by atoms with Crippen LogP contribution >= 0.6 is 0 Å². The number of benzene rings is 2. The van der Waals surface area contributed by atoms with E-state index < -0.39 is 47.6 Å². The highest BCUT2D eigenvalue weighted by Crippen LogP contribution is 2.28. The highest BCUT2D eigenvalue weighted by atomic mass is 16.6. The van der Waals surface area contributed by atoms with E-state index in [9.17, 15) is 24.0 Å². The van der Waals surface area contributed by atoms with Crippen LogP contribution in [-0.2, 0) is 35.2 Å². The number of carbonyl (C=O) groups excluding carboxylic acids is 5. The third-order valence-electron chi connectivity index (χ3n) is 8.25. The molecule has 280 valence electrons. The van der Waals surface area contributed by atoms with E-state index in [1.807, 2.05) is 50.2 Å². The molecule has 1 aliphatic rings. The molecule has 1 fully saturated rings. The Labute approximate surface area is 304 Å². The van der Waals surface area contributed by atoms with Gasteiger partial charge in [-0.25, -0.2) is 14.6 Å². The quantitative estimate of drug-likeness (QED) is 0.131. The Balaban J connectivity index is 1.52. The number of carbonyl (C=O) groups is 5. The molecule has 4 rings (SSSR count). The molecular weight excluding hydrogens is 668 g/mol. The van der Waals surface area contributed by atoms with Crippen LogP contribution in [-0.4, -0.2) is 95.2 Å². The van der Waals surface area contributed by atoms with E-state index in [0.717, 1.165) is 24.0 Å². The van der Waals surface area contributed by atoms with Gasteiger partial charge < -0.3 is 34.1 Å². The lowest BCUT2D eigenvalue weighted by Crippen LogP contribution is -2.56. The lowest BCUT2D eigenvalue weighted by atomic mass is 10.1. The van der Waals surface area contributed by atoms with E-state index in [1.54, 1.807) is 49.6 Å². The first-order valence-electron chi connectivity index (χ1n) is 17.8. The zero-order chi connectivity index (χ0) is 37.8. The second kappa shape index (κ2) is 18.3. The highest BCUT2D eigenvalue weighted by molar-refractivity contribution is 5.99. The van der Waals surface area contributed by atoms with Crippen molar-refractivity contribution in [1.29, 1.82) is 0 Å². The Kier molecular flexibility index (Phi) is 14.0. The molecule has 52 heavy (non-hydrogen) atoms. The Bertz CT molecular complexity index is 1720. The van der Waals surface area contributed by atoms with Crippen LogP contribution in [0.2, 0.25) is 0 Å². The lowest BCUT2D eigenvalue weighted by Gasteiger charge is -2.36. The number of nitrogens with one attached hydrogen (secondary N) is 1. The number of unbranched alkanes of at least 4 members (excludes halogenated alkanes) is 1. The van der Waals surface area contributed by atoms with Gasteiger partial charge in [0.1, 0.15) is 29.7 Å². The van der Waals surface area contributed by atoms with Crippen molar-refractivity contribution in [3.8, 4) is 5.75 Å². The minimum atomic E-state index is -1.10. The second-order valence-electron chi connectivity index (χ2n) is 13.8. The Morgan fingerprint density at radius 2 is 1.62 bits per heavy atom. The summed E-state index contributed by atoms with van der Waals surface area (Å²) in [6.45, 7) is 12.1. The van der Waals surface area contributed by atoms with Crippen molar-refractivity contribution >= 4 is 40.7 Å². The van der Waals surface area contributed by atoms with Gasteiger partial charge in [-0.15, -0.1) is 0 Å². The van der Waals surface area contributed by atoms with Crippen LogP contribution in [0.15, 0.2) is 54.6 Å². The van der Waals surface area contributed by atoms with Crippen LogP contribution in [0.3, 0.4) is 0 Å². The first-order chi connectivity index (χ1) is 24.7. The van der Waals surface area contributed by atoms with E-state index in [-0.39, 0.29) is 57.1 Å². The predicted octanol–water partition coefficient (Wildman–Crippen LogP) is 5.36. The van der Waals surface area contributed by atoms with Gasteiger partial charge in [0.25, 0.3) is 5.91 Å². The Morgan fingerprint density at radius 1 is 0.923 bits per heavy atom. The maximum atomic E-state index is 13.9. The molecule has 0 saturated carbocycles. The number of rotatable bonds is 14. The number of esters is 2. The summed E-state index contributed by atoms with van der Waals surface area (Å²) in [6.07, 6.45) is 0.0699. The van der Waals surface area contributed by atoms with Crippen molar-refractivity contribution in [3.05, 3.63) is 71.4 Å². The van der Waals surface area contributed by atoms with E-state index in [2.05, 4.69) is 10.3 Å². The van der Waals surface area contributed by atoms with Gasteiger partial charge in [0.15, 0.2) is 6.10 Å². The lowest BCUT2D eigenvalue weighted by molar-refractivity contribution is -0.155. The van der Waals surface area contributed by atoms with E-state index in [0.29, 0.717) is 17.5 Å². The Morgan fingerprint density at radius 3 is 2.29 bits per heavy atom. The summed E-state index contributed by atoms with van der Waals surface area (Å²) in [4.78, 5) is 73.4. The van der Waals surface area contributed by atoms with Crippen LogP contribution in [0, 0.1) is 6.92 Å². The van der Waals surface area contributed by atoms with Gasteiger partial charge in [-0.3, -0.25) is 14.4 Å². The maximum absolute atomic E-state index is 13.9. The monoisotopic (exact) mass is 718 g/mol. The van der Waals surface area contributed by atoms with Crippen molar-refractivity contribution in [2.45, 2.75) is 91.6 Å². The molecule has 1 unspecified atom stereocenters. The fourth-order valence-electron chi connectivity index (χ4n) is 5.47. The van der Waals surface area contributed by atoms with Crippen molar-refractivity contribution in [2.75, 3.05) is 32.8 Å². The largest absolute Gasteiger partial charge is 0.478 e. The summed E-state index contributed by atoms with van der Waals surface area (Å²) in [6, 6.07) is 15.0. The van der Waals surface area contributed by atoms with Crippen molar-refractivity contribution in [3.63, 3.8) is 0 Å². The predicted molar refractivity (Wildman–Crippen MR) is 194 cm³/mol. The fraction of sp³-hybridized carbons (Fsp3) is 0.487. The smallest absolute Gasteiger partial charge is 0.409 e. The van der Waals surface area contributed by atoms with Crippen molar-refractivity contribution < 1.29 is 42.9 Å². The fourth-order valence-corrected chi connectivity index (χ4v) is 5.47. The molecule has 2 atom stereocenters. The number of nitrogens with zero attached hydrogens (tertiary/aromatic N) is 3. The first-order valence-corrected chi connectivity index (χ1v) is 17.8. The number of fused-ring (bicyclic) bond motifs is 1. The molecule has 1 aliphatic heterocycles. The molecule has 2 aromatic carbocycles. The van der Waals surface area contributed by atoms with Crippen LogP contribution in [0.5, 0.6) is 5.75 Å². The number of amides is 3. The van der Waals surface area contributed by atoms with Crippen molar-refractivity contribution in [2.24, 2.45) is 0 Å². The highest BCUT2D eigenvalue weighted by Gasteiger charge is 2.32. The molecule has 0 radical (unpaired) electrons. The molecule has 1 aromatic heterocycles. The number of hydrogen-bond acceptors (Lipinski definition) is 10. The molecular formula is C39H50N4O9. The molecule has 13 nitrogen and oxygen atoms in total. The van der Waals surface area contributed by atoms with E-state index >= 15 is 0 Å². The molecule has 3 aromatic rings. The molecule has 2 heterocycles. The standard InChI is InChI=1S/C39H50N4O9/c1-7-8-22-49-38(48)43-20-18-42(19-21-43)36(46)30(16-17-34(44)52-39(4,5)6)41-35(45)32-24-33(29-15-14-26(2)23-31(29)40-32)51-27(3)37(47)50-25-28-12-10-9-11-13-28/h9-15,23-24,27,30H,7-8,16-22,25H2,1-6H3,(H,41,45)/t27-,30?/m1/s1. The van der Waals surface area contributed by atoms with Gasteiger partial charge >= 0.3 is 18.0 Å². The summed E-state index contributed by atoms with van der Waals surface area (Å²) in [7, 11) is 0. The summed E-state index contributed by atoms with van der Waals surface area (Å²) in [5.41, 5.74) is 1.39. The number of hydrogen-bond donors (Lipinski definition) is 1. The van der Waals surface area contributed by atoms with Gasteiger partial charge in [0.2, 0.25) is 5.91 Å². The SMILES string of the molecule is CCCCOC(=O)N1CCN(C(=O)C(CCC(=O)OC(C)(C)C)NC(=O)c2cc(O[C@H](C)C(=O)OCc3ccccc3)c3ccc(C)cc3n2)CC1. The van der Waals surface area contributed by atoms with Crippen LogP contribution in [0.4, 0.5) is 4.79 Å². The minimum absolute atomic E-state index is 0.0287. The van der Waals surface area contributed by atoms with Crippen LogP contribution in [0.25, 0.3) is 10.9 Å². The van der Waals surface area contributed by atoms with Crippen LogP contribution < -0.4 is 10.1 Å². The van der Waals surface area contributed by atoms with E-state index in [4.69, 9.17) is 18.9 Å². The third kappa shape index (κ3) is 11.7. The van der Waals surface area contributed by atoms with Gasteiger partial charge in [0.05, 0.1) is 12.1 Å². The molecule has 0 aliphatic carbocycles. The third-order valence-corrected chi connectivity index (χ3v) is 8.25. The molecule has 13 heteroatoms. The van der Waals surface area contributed by atoms with Gasteiger partial charge in [0, 0.05) is 44.1 Å². The number of pyridine rings is 1. The number of aromatic nitrogens is 1. The number of piperazine rings is 1. The van der Waals surface area contributed by atoms with Crippen molar-refractivity contribution in [1.82, 2.24) is 20.1 Å². The summed E-state index contributed by atoms with van der Waals surface area (Å²) >= 11 is 0. The molecule has 0 bridgehead atoms.